The number of amides is 4. The van der Waals surface area contributed by atoms with Gasteiger partial charge in [0.15, 0.2) is 0 Å². The van der Waals surface area contributed by atoms with Crippen molar-refractivity contribution in [3.05, 3.63) is 71.5 Å². The van der Waals surface area contributed by atoms with Gasteiger partial charge >= 0.3 is 11.9 Å². The van der Waals surface area contributed by atoms with Crippen molar-refractivity contribution in [1.82, 2.24) is 40.4 Å². The number of fused-ring (bicyclic) bond motifs is 6. The lowest BCUT2D eigenvalue weighted by Crippen LogP contribution is -2.62. The zero-order valence-corrected chi connectivity index (χ0v) is 44.6. The largest absolute Gasteiger partial charge is 0.464 e. The predicted molar refractivity (Wildman–Crippen MR) is 278 cm³/mol. The third-order valence-electron chi connectivity index (χ3n) is 15.0. The second-order valence-corrected chi connectivity index (χ2v) is 22.4. The average molecular weight is 1020 g/mol. The van der Waals surface area contributed by atoms with Crippen molar-refractivity contribution in [2.24, 2.45) is 16.7 Å². The lowest BCUT2D eigenvalue weighted by molar-refractivity contribution is -0.155. The average Bonchev–Trinajstić information content (AvgIpc) is 3.71. The third-order valence-corrected chi connectivity index (χ3v) is 15.0. The Labute approximate surface area is 433 Å². The number of hydrogen-bond donors (Lipinski definition) is 4. The van der Waals surface area contributed by atoms with Gasteiger partial charge in [0, 0.05) is 68.8 Å². The number of esters is 2. The molecule has 4 aromatic rings. The summed E-state index contributed by atoms with van der Waals surface area (Å²) < 4.78 is 20.4. The van der Waals surface area contributed by atoms with Crippen molar-refractivity contribution in [3.8, 4) is 28.1 Å². The first-order valence-corrected chi connectivity index (χ1v) is 26.1. The Hall–Kier alpha value is -6.21. The van der Waals surface area contributed by atoms with Crippen LogP contribution in [0.5, 0.6) is 5.75 Å². The van der Waals surface area contributed by atoms with Gasteiger partial charge in [-0.05, 0) is 131 Å². The van der Waals surface area contributed by atoms with E-state index in [-0.39, 0.29) is 43.9 Å². The van der Waals surface area contributed by atoms with Crippen molar-refractivity contribution in [2.45, 2.75) is 143 Å². The van der Waals surface area contributed by atoms with Crippen LogP contribution in [-0.4, -0.2) is 136 Å². The zero-order valence-electron chi connectivity index (χ0n) is 44.6. The number of cyclic esters (lactones) is 1. The van der Waals surface area contributed by atoms with E-state index in [0.29, 0.717) is 49.8 Å². The molecule has 4 N–H and O–H groups in total. The highest BCUT2D eigenvalue weighted by molar-refractivity contribution is 5.97. The molecule has 6 bridgehead atoms. The first kappa shape index (κ1) is 54.1. The fourth-order valence-corrected chi connectivity index (χ4v) is 10.7. The molecule has 2 saturated heterocycles. The summed E-state index contributed by atoms with van der Waals surface area (Å²) >= 11 is 0. The fourth-order valence-electron chi connectivity index (χ4n) is 10.7. The van der Waals surface area contributed by atoms with Crippen LogP contribution in [-0.2, 0) is 57.6 Å². The van der Waals surface area contributed by atoms with E-state index in [4.69, 9.17) is 19.2 Å². The molecule has 74 heavy (non-hydrogen) atoms. The summed E-state index contributed by atoms with van der Waals surface area (Å²) in [5, 5.41) is 17.9. The Balaban J connectivity index is 1.26. The number of aromatic nitrogens is 2. The van der Waals surface area contributed by atoms with E-state index < -0.39 is 76.8 Å². The Morgan fingerprint density at radius 2 is 1.74 bits per heavy atom. The minimum atomic E-state index is -1.23. The second-order valence-electron chi connectivity index (χ2n) is 22.4. The number of methoxy groups -OCH3 is 1. The number of hydrogen-bond acceptors (Lipinski definition) is 13. The van der Waals surface area contributed by atoms with E-state index in [1.807, 2.05) is 31.2 Å². The molecule has 6 atom stereocenters. The Morgan fingerprint density at radius 3 is 2.42 bits per heavy atom. The summed E-state index contributed by atoms with van der Waals surface area (Å²) in [5.74, 6) is -2.92. The van der Waals surface area contributed by atoms with Gasteiger partial charge < -0.3 is 39.0 Å². The highest BCUT2D eigenvalue weighted by Gasteiger charge is 2.44. The maximum atomic E-state index is 15.1. The topological polar surface area (TPSA) is 224 Å². The number of hydrazine groups is 1. The van der Waals surface area contributed by atoms with Crippen LogP contribution in [0.4, 0.5) is 0 Å². The first-order chi connectivity index (χ1) is 35.1. The van der Waals surface area contributed by atoms with E-state index >= 15 is 4.79 Å². The number of likely N-dealkylation sites (N-methyl/N-ethyl adjacent to an activating group) is 2. The number of nitrogens with zero attached hydrogens (tertiary/aromatic N) is 5. The quantitative estimate of drug-likeness (QED) is 0.0787. The van der Waals surface area contributed by atoms with Crippen molar-refractivity contribution in [3.63, 3.8) is 0 Å². The SMILES string of the molecule is CCn1c(-c2cccnc2[C@H](C)OC)c2c3cc(ccc31)-c1cc(cc(OC(=O)C(C)(C)C)c1)C[C@H](NC(=O)[C@H](C1CCCC1)N(C)C(=O)CN(C)C(=O)[C@@H]1N[C@@H]1O)C(=O)N1CCC[C@H](N1)C(=O)OCC(C)(C)C2. The van der Waals surface area contributed by atoms with Gasteiger partial charge in [-0.2, -0.15) is 0 Å². The summed E-state index contributed by atoms with van der Waals surface area (Å²) in [7, 11) is 4.68. The molecule has 1 aliphatic carbocycles. The number of carbonyl (C=O) groups excluding carboxylic acids is 6. The molecule has 1 saturated carbocycles. The first-order valence-electron chi connectivity index (χ1n) is 26.1. The molecule has 0 radical (unpaired) electrons. The summed E-state index contributed by atoms with van der Waals surface area (Å²) in [5.41, 5.74) is 8.50. The van der Waals surface area contributed by atoms with Gasteiger partial charge in [0.2, 0.25) is 17.7 Å². The summed E-state index contributed by atoms with van der Waals surface area (Å²) in [6, 6.07) is 11.8. The van der Waals surface area contributed by atoms with Crippen molar-refractivity contribution in [2.75, 3.05) is 40.9 Å². The number of benzene rings is 2. The van der Waals surface area contributed by atoms with E-state index in [0.717, 1.165) is 51.8 Å². The molecule has 4 amide bonds. The number of nitrogens with one attached hydrogen (secondary N) is 3. The Morgan fingerprint density at radius 1 is 1.01 bits per heavy atom. The normalized spacial score (nSPS) is 22.1. The lowest BCUT2D eigenvalue weighted by atomic mass is 9.84. The Bertz CT molecular complexity index is 2800. The number of rotatable bonds is 12. The number of aliphatic hydroxyl groups excluding tert-OH is 1. The summed E-state index contributed by atoms with van der Waals surface area (Å²) in [4.78, 5) is 92.1. The number of aliphatic hydroxyl groups is 1. The van der Waals surface area contributed by atoms with Crippen LogP contribution in [0.3, 0.4) is 0 Å². The minimum absolute atomic E-state index is 0.0612. The highest BCUT2D eigenvalue weighted by Crippen LogP contribution is 2.42. The molecule has 8 rings (SSSR count). The summed E-state index contributed by atoms with van der Waals surface area (Å²) in [6.07, 6.45) is 4.86. The van der Waals surface area contributed by atoms with Crippen molar-refractivity contribution < 1.29 is 48.1 Å². The van der Waals surface area contributed by atoms with Crippen LogP contribution in [0.15, 0.2) is 54.7 Å². The molecule has 398 valence electrons. The molecule has 2 aromatic carbocycles. The van der Waals surface area contributed by atoms with Crippen LogP contribution >= 0.6 is 0 Å². The predicted octanol–water partition coefficient (Wildman–Crippen LogP) is 5.46. The molecular weight excluding hydrogens is 945 g/mol. The van der Waals surface area contributed by atoms with Gasteiger partial charge in [-0.3, -0.25) is 44.1 Å². The maximum absolute atomic E-state index is 15.1. The Kier molecular flexibility index (Phi) is 16.0. The molecule has 18 heteroatoms. The fraction of sp³-hybridized carbons (Fsp3) is 0.554. The van der Waals surface area contributed by atoms with Crippen LogP contribution in [0.2, 0.25) is 0 Å². The van der Waals surface area contributed by atoms with Gasteiger partial charge in [-0.25, -0.2) is 5.43 Å². The van der Waals surface area contributed by atoms with Crippen molar-refractivity contribution >= 4 is 46.5 Å². The standard InChI is InChI=1S/C56H74N8O10/c1-11-63-43-21-20-35-28-39(43)40(48(63)38-18-14-22-57-45(38)32(2)72-10)29-56(6,7)31-73-53(70)41-19-15-23-64(60-41)51(68)42(26-33-24-36(35)27-37(25-33)74-54(71)55(3,4)5)58-50(67)47(34-16-12-13-17-34)62(9)44(65)30-61(8)52(69)46-49(66)59-46/h14,18,20-22,24-25,27-28,32,34,41-42,46-47,49,59-60,66H,11-13,15-17,19,23,26,29-31H2,1-10H3,(H,58,67)/t32-,41-,42-,46+,47-,49+/m0/s1. The maximum Gasteiger partial charge on any atom is 0.324 e. The highest BCUT2D eigenvalue weighted by atomic mass is 16.5. The van der Waals surface area contributed by atoms with Crippen LogP contribution in [0.25, 0.3) is 33.3 Å². The molecule has 5 heterocycles. The summed E-state index contributed by atoms with van der Waals surface area (Å²) in [6.45, 7) is 14.2. The number of ether oxygens (including phenoxy) is 3. The monoisotopic (exact) mass is 1020 g/mol. The molecule has 18 nitrogen and oxygen atoms in total. The van der Waals surface area contributed by atoms with Crippen LogP contribution < -0.4 is 20.8 Å². The van der Waals surface area contributed by atoms with Gasteiger partial charge in [-0.15, -0.1) is 0 Å². The van der Waals surface area contributed by atoms with Gasteiger partial charge in [0.25, 0.3) is 5.91 Å². The van der Waals surface area contributed by atoms with Gasteiger partial charge in [-0.1, -0.05) is 38.8 Å². The number of carbonyl (C=O) groups is 6. The third kappa shape index (κ3) is 11.7. The molecule has 3 aliphatic heterocycles. The van der Waals surface area contributed by atoms with E-state index in [1.165, 1.54) is 28.9 Å². The van der Waals surface area contributed by atoms with E-state index in [9.17, 15) is 29.1 Å². The van der Waals surface area contributed by atoms with Crippen molar-refractivity contribution in [1.29, 1.82) is 0 Å². The van der Waals surface area contributed by atoms with Gasteiger partial charge in [0.1, 0.15) is 36.1 Å². The molecule has 2 aromatic heterocycles. The smallest absolute Gasteiger partial charge is 0.324 e. The molecule has 0 spiro atoms. The van der Waals surface area contributed by atoms with E-state index in [2.05, 4.69) is 59.6 Å². The molecule has 4 aliphatic rings. The lowest BCUT2D eigenvalue weighted by Gasteiger charge is -2.37. The van der Waals surface area contributed by atoms with Crippen LogP contribution in [0, 0.1) is 16.7 Å². The van der Waals surface area contributed by atoms with Gasteiger partial charge in [0.05, 0.1) is 36.1 Å². The zero-order chi connectivity index (χ0) is 53.4. The van der Waals surface area contributed by atoms with Crippen LogP contribution in [0.1, 0.15) is 110 Å². The number of aryl methyl sites for hydroxylation is 1. The molecule has 0 unspecified atom stereocenters. The molecule has 3 fully saturated rings. The van der Waals surface area contributed by atoms with E-state index in [1.54, 1.807) is 40.1 Å². The second kappa shape index (κ2) is 21.9. The molecular formula is C56H74N8O10. The number of pyridine rings is 1. The minimum Gasteiger partial charge on any atom is -0.464 e.